The van der Waals surface area contributed by atoms with Crippen molar-refractivity contribution in [3.05, 3.63) is 0 Å². The monoisotopic (exact) mass is 245 g/mol. The predicted octanol–water partition coefficient (Wildman–Crippen LogP) is 0.630. The van der Waals surface area contributed by atoms with E-state index in [1.165, 1.54) is 0 Å². The molecule has 0 radical (unpaired) electrons. The largest absolute Gasteiger partial charge is 0.396 e. The first kappa shape index (κ1) is 16.4. The van der Waals surface area contributed by atoms with Gasteiger partial charge in [0.2, 0.25) is 5.91 Å². The molecule has 0 atom stereocenters. The van der Waals surface area contributed by atoms with Crippen molar-refractivity contribution in [3.63, 3.8) is 0 Å². The van der Waals surface area contributed by atoms with E-state index in [1.807, 2.05) is 0 Å². The van der Waals surface area contributed by atoms with Gasteiger partial charge in [-0.25, -0.2) is 5.84 Å². The fourth-order valence-corrected chi connectivity index (χ4v) is 1.75. The molecule has 5 heteroatoms. The number of carbonyl (C=O) groups is 1. The van der Waals surface area contributed by atoms with Gasteiger partial charge in [0, 0.05) is 25.6 Å². The zero-order chi connectivity index (χ0) is 13.1. The second-order valence-corrected chi connectivity index (χ2v) is 4.59. The van der Waals surface area contributed by atoms with Crippen molar-refractivity contribution < 1.29 is 9.90 Å². The van der Waals surface area contributed by atoms with E-state index in [0.29, 0.717) is 12.5 Å². The molecular weight excluding hydrogens is 218 g/mol. The van der Waals surface area contributed by atoms with E-state index in [0.717, 1.165) is 38.8 Å². The lowest BCUT2D eigenvalue weighted by Crippen LogP contribution is -2.33. The van der Waals surface area contributed by atoms with Crippen molar-refractivity contribution in [2.45, 2.75) is 52.0 Å². The summed E-state index contributed by atoms with van der Waals surface area (Å²) >= 11 is 0. The molecule has 5 nitrogen and oxygen atoms in total. The summed E-state index contributed by atoms with van der Waals surface area (Å²) in [6.45, 7) is 6.55. The molecule has 0 spiro atoms. The number of nitrogens with two attached hydrogens (primary N) is 1. The van der Waals surface area contributed by atoms with E-state index in [4.69, 9.17) is 10.9 Å². The molecule has 1 amide bonds. The lowest BCUT2D eigenvalue weighted by Gasteiger charge is -2.26. The van der Waals surface area contributed by atoms with Crippen LogP contribution in [0.15, 0.2) is 0 Å². The maximum atomic E-state index is 10.9. The number of hydrogen-bond acceptors (Lipinski definition) is 4. The smallest absolute Gasteiger partial charge is 0.233 e. The van der Waals surface area contributed by atoms with Gasteiger partial charge in [0.15, 0.2) is 0 Å². The van der Waals surface area contributed by atoms with Crippen molar-refractivity contribution in [2.75, 3.05) is 19.7 Å². The second-order valence-electron chi connectivity index (χ2n) is 4.59. The molecule has 0 bridgehead atoms. The zero-order valence-electron chi connectivity index (χ0n) is 11.1. The van der Waals surface area contributed by atoms with Crippen LogP contribution in [0.1, 0.15) is 46.0 Å². The quantitative estimate of drug-likeness (QED) is 0.228. The number of aliphatic hydroxyl groups is 1. The SMILES string of the molecule is CC(C)N(CCCO)CCCCCC(=O)NN. The number of rotatable bonds is 10. The van der Waals surface area contributed by atoms with E-state index in [1.54, 1.807) is 0 Å². The molecular formula is C12H27N3O2. The lowest BCUT2D eigenvalue weighted by atomic mass is 10.1. The van der Waals surface area contributed by atoms with Crippen LogP contribution in [0.25, 0.3) is 0 Å². The van der Waals surface area contributed by atoms with Crippen molar-refractivity contribution in [1.82, 2.24) is 10.3 Å². The molecule has 0 aliphatic carbocycles. The summed E-state index contributed by atoms with van der Waals surface area (Å²) in [4.78, 5) is 13.2. The van der Waals surface area contributed by atoms with Gasteiger partial charge in [-0.15, -0.1) is 0 Å². The van der Waals surface area contributed by atoms with Crippen LogP contribution in [0.2, 0.25) is 0 Å². The van der Waals surface area contributed by atoms with Crippen LogP contribution in [-0.4, -0.2) is 41.7 Å². The van der Waals surface area contributed by atoms with Crippen LogP contribution in [0.5, 0.6) is 0 Å². The Hall–Kier alpha value is -0.650. The summed E-state index contributed by atoms with van der Waals surface area (Å²) in [6.07, 6.45) is 4.34. The highest BCUT2D eigenvalue weighted by Crippen LogP contribution is 2.05. The minimum absolute atomic E-state index is 0.0917. The van der Waals surface area contributed by atoms with Gasteiger partial charge in [-0.1, -0.05) is 6.42 Å². The summed E-state index contributed by atoms with van der Waals surface area (Å²) in [6, 6.07) is 0.508. The Balaban J connectivity index is 3.57. The summed E-state index contributed by atoms with van der Waals surface area (Å²) in [5.74, 6) is 4.91. The highest BCUT2D eigenvalue weighted by Gasteiger charge is 2.08. The van der Waals surface area contributed by atoms with Crippen molar-refractivity contribution in [2.24, 2.45) is 5.84 Å². The Morgan fingerprint density at radius 3 is 2.41 bits per heavy atom. The number of aliphatic hydroxyl groups excluding tert-OH is 1. The van der Waals surface area contributed by atoms with Crippen LogP contribution < -0.4 is 11.3 Å². The number of nitrogens with zero attached hydrogens (tertiary/aromatic N) is 1. The zero-order valence-corrected chi connectivity index (χ0v) is 11.1. The highest BCUT2D eigenvalue weighted by molar-refractivity contribution is 5.74. The number of amides is 1. The average molecular weight is 245 g/mol. The lowest BCUT2D eigenvalue weighted by molar-refractivity contribution is -0.121. The van der Waals surface area contributed by atoms with Gasteiger partial charge in [0.1, 0.15) is 0 Å². The van der Waals surface area contributed by atoms with Gasteiger partial charge in [0.25, 0.3) is 0 Å². The summed E-state index contributed by atoms with van der Waals surface area (Å²) in [7, 11) is 0. The number of unbranched alkanes of at least 4 members (excludes halogenated alkanes) is 2. The van der Waals surface area contributed by atoms with Gasteiger partial charge < -0.3 is 10.0 Å². The molecule has 0 rings (SSSR count). The van der Waals surface area contributed by atoms with Crippen LogP contribution >= 0.6 is 0 Å². The Bertz CT molecular complexity index is 198. The third kappa shape index (κ3) is 9.09. The summed E-state index contributed by atoms with van der Waals surface area (Å²) in [5.41, 5.74) is 2.13. The van der Waals surface area contributed by atoms with Crippen LogP contribution in [0, 0.1) is 0 Å². The molecule has 0 saturated carbocycles. The number of carbonyl (C=O) groups excluding carboxylic acids is 1. The fraction of sp³-hybridized carbons (Fsp3) is 0.917. The Morgan fingerprint density at radius 1 is 1.24 bits per heavy atom. The van der Waals surface area contributed by atoms with E-state index < -0.39 is 0 Å². The van der Waals surface area contributed by atoms with Gasteiger partial charge in [-0.2, -0.15) is 0 Å². The summed E-state index contributed by atoms with van der Waals surface area (Å²) < 4.78 is 0. The van der Waals surface area contributed by atoms with Gasteiger partial charge in [0.05, 0.1) is 0 Å². The standard InChI is InChI=1S/C12H27N3O2/c1-11(2)15(9-6-10-16)8-5-3-4-7-12(17)14-13/h11,16H,3-10,13H2,1-2H3,(H,14,17). The molecule has 0 saturated heterocycles. The van der Waals surface area contributed by atoms with E-state index >= 15 is 0 Å². The average Bonchev–Trinajstić information content (AvgIpc) is 2.31. The van der Waals surface area contributed by atoms with Crippen molar-refractivity contribution in [1.29, 1.82) is 0 Å². The van der Waals surface area contributed by atoms with Crippen molar-refractivity contribution >= 4 is 5.91 Å². The number of hydrazine groups is 1. The molecule has 17 heavy (non-hydrogen) atoms. The first-order chi connectivity index (χ1) is 8.11. The Kier molecular flexibility index (Phi) is 10.1. The molecule has 0 unspecified atom stereocenters. The molecule has 0 heterocycles. The molecule has 4 N–H and O–H groups in total. The van der Waals surface area contributed by atoms with Crippen LogP contribution in [-0.2, 0) is 4.79 Å². The Labute approximate surface area is 104 Å². The molecule has 0 aliphatic rings. The molecule has 0 aromatic rings. The third-order valence-electron chi connectivity index (χ3n) is 2.84. The van der Waals surface area contributed by atoms with Crippen LogP contribution in [0.3, 0.4) is 0 Å². The highest BCUT2D eigenvalue weighted by atomic mass is 16.3. The second kappa shape index (κ2) is 10.5. The molecule has 102 valence electrons. The molecule has 0 aromatic heterocycles. The maximum absolute atomic E-state index is 10.9. The van der Waals surface area contributed by atoms with E-state index in [9.17, 15) is 4.79 Å². The minimum Gasteiger partial charge on any atom is -0.396 e. The topological polar surface area (TPSA) is 78.6 Å². The molecule has 0 aliphatic heterocycles. The molecule has 0 aromatic carbocycles. The number of nitrogens with one attached hydrogen (secondary N) is 1. The van der Waals surface area contributed by atoms with E-state index in [2.05, 4.69) is 24.2 Å². The van der Waals surface area contributed by atoms with Crippen LogP contribution in [0.4, 0.5) is 0 Å². The fourth-order valence-electron chi connectivity index (χ4n) is 1.75. The number of hydrogen-bond donors (Lipinski definition) is 3. The van der Waals surface area contributed by atoms with Gasteiger partial charge in [-0.05, 0) is 39.7 Å². The van der Waals surface area contributed by atoms with Gasteiger partial charge in [-0.3, -0.25) is 10.2 Å². The van der Waals surface area contributed by atoms with Gasteiger partial charge >= 0.3 is 0 Å². The first-order valence-electron chi connectivity index (χ1n) is 6.46. The maximum Gasteiger partial charge on any atom is 0.233 e. The molecule has 0 fully saturated rings. The van der Waals surface area contributed by atoms with E-state index in [-0.39, 0.29) is 12.5 Å². The Morgan fingerprint density at radius 2 is 1.88 bits per heavy atom. The third-order valence-corrected chi connectivity index (χ3v) is 2.84. The minimum atomic E-state index is -0.0917. The summed E-state index contributed by atoms with van der Waals surface area (Å²) in [5, 5.41) is 8.81. The normalized spacial score (nSPS) is 11.2. The van der Waals surface area contributed by atoms with Crippen molar-refractivity contribution in [3.8, 4) is 0 Å². The predicted molar refractivity (Wildman–Crippen MR) is 69.2 cm³/mol. The first-order valence-corrected chi connectivity index (χ1v) is 6.46.